The Labute approximate surface area is 238 Å². The summed E-state index contributed by atoms with van der Waals surface area (Å²) in [5.74, 6) is 3.16. The zero-order valence-electron chi connectivity index (χ0n) is 24.2. The Kier molecular flexibility index (Phi) is 8.16. The van der Waals surface area contributed by atoms with Gasteiger partial charge in [-0.1, -0.05) is 19.1 Å². The molecular formula is C33H44O7. The molecule has 4 heterocycles. The molecule has 0 amide bonds. The Bertz CT molecular complexity index is 1150. The molecule has 218 valence electrons. The third-order valence-electron chi connectivity index (χ3n) is 8.47. The standard InChI is InChI=1S/C33H44O7/c1-32(2)22-33(3,26-16-14-24(21-28(26)40-32)38-30-11-5-8-18-35-30)25-15-13-23(37-29-10-4-7-17-34-29)20-27(25)39-31-12-6-9-19-36-31/h13-16,20-21,29-31H,4-12,17-19,22H2,1-3H3. The predicted molar refractivity (Wildman–Crippen MR) is 151 cm³/mol. The third-order valence-corrected chi connectivity index (χ3v) is 8.47. The first-order chi connectivity index (χ1) is 19.4. The third kappa shape index (κ3) is 6.22. The zero-order valence-corrected chi connectivity index (χ0v) is 24.2. The van der Waals surface area contributed by atoms with E-state index in [-0.39, 0.29) is 24.3 Å². The number of hydrogen-bond donors (Lipinski definition) is 0. The second-order valence-electron chi connectivity index (χ2n) is 12.4. The average molecular weight is 553 g/mol. The highest BCUT2D eigenvalue weighted by molar-refractivity contribution is 5.56. The molecule has 0 radical (unpaired) electrons. The lowest BCUT2D eigenvalue weighted by Crippen LogP contribution is -2.43. The molecular weight excluding hydrogens is 508 g/mol. The number of ether oxygens (including phenoxy) is 7. The Hall–Kier alpha value is -2.48. The maximum atomic E-state index is 6.62. The molecule has 0 aliphatic carbocycles. The largest absolute Gasteiger partial charge is 0.487 e. The first-order valence-corrected chi connectivity index (χ1v) is 15.2. The predicted octanol–water partition coefficient (Wildman–Crippen LogP) is 7.27. The summed E-state index contributed by atoms with van der Waals surface area (Å²) in [7, 11) is 0. The normalized spacial score (nSPS) is 30.0. The van der Waals surface area contributed by atoms with Crippen LogP contribution in [0.15, 0.2) is 36.4 Å². The van der Waals surface area contributed by atoms with E-state index < -0.39 is 5.60 Å². The van der Waals surface area contributed by atoms with Gasteiger partial charge in [-0.25, -0.2) is 0 Å². The topological polar surface area (TPSA) is 64.6 Å². The molecule has 0 bridgehead atoms. The van der Waals surface area contributed by atoms with Crippen LogP contribution in [0.25, 0.3) is 0 Å². The van der Waals surface area contributed by atoms with E-state index >= 15 is 0 Å². The molecule has 7 heteroatoms. The Morgan fingerprint density at radius 1 is 0.625 bits per heavy atom. The lowest BCUT2D eigenvalue weighted by Gasteiger charge is -2.45. The number of rotatable bonds is 7. The molecule has 2 aromatic carbocycles. The molecule has 4 aliphatic heterocycles. The van der Waals surface area contributed by atoms with E-state index in [1.165, 1.54) is 0 Å². The van der Waals surface area contributed by atoms with Gasteiger partial charge in [0.25, 0.3) is 0 Å². The summed E-state index contributed by atoms with van der Waals surface area (Å²) in [6.45, 7) is 8.79. The van der Waals surface area contributed by atoms with Crippen LogP contribution in [0.5, 0.6) is 23.0 Å². The monoisotopic (exact) mass is 552 g/mol. The van der Waals surface area contributed by atoms with E-state index in [2.05, 4.69) is 32.9 Å². The second kappa shape index (κ2) is 11.8. The number of benzene rings is 2. The van der Waals surface area contributed by atoms with E-state index in [0.717, 1.165) is 118 Å². The van der Waals surface area contributed by atoms with Gasteiger partial charge in [0, 0.05) is 54.4 Å². The highest BCUT2D eigenvalue weighted by Crippen LogP contribution is 2.52. The Morgan fingerprint density at radius 3 is 1.70 bits per heavy atom. The molecule has 3 saturated heterocycles. The van der Waals surface area contributed by atoms with Gasteiger partial charge in [-0.2, -0.15) is 0 Å². The zero-order chi connectivity index (χ0) is 27.6. The molecule has 2 aromatic rings. The maximum absolute atomic E-state index is 6.62. The molecule has 7 nitrogen and oxygen atoms in total. The van der Waals surface area contributed by atoms with Gasteiger partial charge in [-0.3, -0.25) is 0 Å². The van der Waals surface area contributed by atoms with Crippen LogP contribution >= 0.6 is 0 Å². The van der Waals surface area contributed by atoms with Crippen LogP contribution in [0, 0.1) is 0 Å². The average Bonchev–Trinajstić information content (AvgIpc) is 2.94. The van der Waals surface area contributed by atoms with Crippen molar-refractivity contribution in [3.63, 3.8) is 0 Å². The molecule has 3 fully saturated rings. The summed E-state index contributed by atoms with van der Waals surface area (Å²) in [5, 5.41) is 0. The van der Waals surface area contributed by atoms with E-state index in [1.54, 1.807) is 0 Å². The first-order valence-electron chi connectivity index (χ1n) is 15.2. The number of fused-ring (bicyclic) bond motifs is 1. The minimum absolute atomic E-state index is 0.203. The van der Waals surface area contributed by atoms with Gasteiger partial charge in [0.1, 0.15) is 28.6 Å². The van der Waals surface area contributed by atoms with Crippen molar-refractivity contribution in [2.24, 2.45) is 0 Å². The van der Waals surface area contributed by atoms with E-state index in [4.69, 9.17) is 33.2 Å². The van der Waals surface area contributed by atoms with Crippen molar-refractivity contribution >= 4 is 0 Å². The molecule has 4 unspecified atom stereocenters. The minimum Gasteiger partial charge on any atom is -0.487 e. The molecule has 0 N–H and O–H groups in total. The van der Waals surface area contributed by atoms with Crippen LogP contribution in [0.2, 0.25) is 0 Å². The van der Waals surface area contributed by atoms with Crippen molar-refractivity contribution < 1.29 is 33.2 Å². The van der Waals surface area contributed by atoms with Crippen molar-refractivity contribution in [3.05, 3.63) is 47.5 Å². The first kappa shape index (κ1) is 27.7. The van der Waals surface area contributed by atoms with Crippen LogP contribution in [0.1, 0.15) is 96.1 Å². The highest BCUT2D eigenvalue weighted by Gasteiger charge is 2.45. The fourth-order valence-corrected chi connectivity index (χ4v) is 6.62. The van der Waals surface area contributed by atoms with Crippen LogP contribution in [-0.4, -0.2) is 44.3 Å². The van der Waals surface area contributed by atoms with E-state index in [9.17, 15) is 0 Å². The fourth-order valence-electron chi connectivity index (χ4n) is 6.62. The van der Waals surface area contributed by atoms with Crippen molar-refractivity contribution in [2.45, 2.75) is 115 Å². The maximum Gasteiger partial charge on any atom is 0.199 e. The molecule has 40 heavy (non-hydrogen) atoms. The molecule has 0 spiro atoms. The van der Waals surface area contributed by atoms with Gasteiger partial charge in [-0.05, 0) is 64.5 Å². The van der Waals surface area contributed by atoms with Crippen LogP contribution in [0.3, 0.4) is 0 Å². The molecule has 4 aliphatic rings. The van der Waals surface area contributed by atoms with E-state index in [1.807, 2.05) is 24.3 Å². The summed E-state index contributed by atoms with van der Waals surface area (Å²) in [6, 6.07) is 12.4. The SMILES string of the molecule is CC1(C)CC(C)(c2ccc(OC3CCCCO3)cc2OC2CCCCO2)c2ccc(OC3CCCCO3)cc2O1. The minimum atomic E-state index is -0.397. The summed E-state index contributed by atoms with van der Waals surface area (Å²) in [4.78, 5) is 0. The molecule has 0 saturated carbocycles. The van der Waals surface area contributed by atoms with Gasteiger partial charge in [0.05, 0.1) is 19.8 Å². The Balaban J connectivity index is 1.34. The number of hydrogen-bond acceptors (Lipinski definition) is 7. The quantitative estimate of drug-likeness (QED) is 0.358. The van der Waals surface area contributed by atoms with Gasteiger partial charge < -0.3 is 33.2 Å². The summed E-state index contributed by atoms with van der Waals surface area (Å²) >= 11 is 0. The smallest absolute Gasteiger partial charge is 0.199 e. The van der Waals surface area contributed by atoms with Crippen molar-refractivity contribution in [1.29, 1.82) is 0 Å². The summed E-state index contributed by atoms with van der Waals surface area (Å²) in [5.41, 5.74) is 1.44. The van der Waals surface area contributed by atoms with Crippen molar-refractivity contribution in [2.75, 3.05) is 19.8 Å². The molecule has 4 atom stereocenters. The van der Waals surface area contributed by atoms with Crippen LogP contribution in [-0.2, 0) is 19.6 Å². The lowest BCUT2D eigenvalue weighted by molar-refractivity contribution is -0.109. The highest BCUT2D eigenvalue weighted by atomic mass is 16.7. The van der Waals surface area contributed by atoms with Gasteiger partial charge in [0.15, 0.2) is 18.9 Å². The van der Waals surface area contributed by atoms with E-state index in [0.29, 0.717) is 0 Å². The van der Waals surface area contributed by atoms with Gasteiger partial charge in [0.2, 0.25) is 0 Å². The second-order valence-corrected chi connectivity index (χ2v) is 12.4. The van der Waals surface area contributed by atoms with Crippen molar-refractivity contribution in [3.8, 4) is 23.0 Å². The van der Waals surface area contributed by atoms with Crippen LogP contribution in [0.4, 0.5) is 0 Å². The summed E-state index contributed by atoms with van der Waals surface area (Å²) in [6.07, 6.45) is 9.36. The summed E-state index contributed by atoms with van der Waals surface area (Å²) < 4.78 is 43.3. The fraction of sp³-hybridized carbons (Fsp3) is 0.636. The lowest BCUT2D eigenvalue weighted by atomic mass is 9.67. The van der Waals surface area contributed by atoms with Crippen molar-refractivity contribution in [1.82, 2.24) is 0 Å². The Morgan fingerprint density at radius 2 is 1.15 bits per heavy atom. The molecule has 0 aromatic heterocycles. The van der Waals surface area contributed by atoms with Crippen LogP contribution < -0.4 is 18.9 Å². The van der Waals surface area contributed by atoms with Gasteiger partial charge >= 0.3 is 0 Å². The molecule has 6 rings (SSSR count). The van der Waals surface area contributed by atoms with Gasteiger partial charge in [-0.15, -0.1) is 0 Å².